The number of allylic oxidation sites excluding steroid dienone is 2. The average Bonchev–Trinajstić information content (AvgIpc) is 3.11. The summed E-state index contributed by atoms with van der Waals surface area (Å²) in [7, 11) is 5.59. The van der Waals surface area contributed by atoms with Crippen molar-refractivity contribution in [1.29, 1.82) is 10.8 Å². The molecule has 3 N–H and O–H groups in total. The van der Waals surface area contributed by atoms with Gasteiger partial charge in [-0.05, 0) is 79.9 Å². The zero-order valence-corrected chi connectivity index (χ0v) is 23.1. The molecule has 1 atom stereocenters. The summed E-state index contributed by atoms with van der Waals surface area (Å²) in [4.78, 5) is 4.27. The van der Waals surface area contributed by atoms with Crippen LogP contribution in [-0.4, -0.2) is 45.0 Å². The first kappa shape index (κ1) is 29.7. The second-order valence-electron chi connectivity index (χ2n) is 9.13. The Morgan fingerprint density at radius 3 is 2.22 bits per heavy atom. The molecule has 3 aromatic carbocycles. The van der Waals surface area contributed by atoms with Gasteiger partial charge >= 0.3 is 0 Å². The maximum atomic E-state index is 8.82. The number of nitrogens with one attached hydrogen (secondary N) is 2. The van der Waals surface area contributed by atoms with Crippen molar-refractivity contribution in [2.75, 3.05) is 37.5 Å². The van der Waals surface area contributed by atoms with Crippen LogP contribution in [0.4, 0.5) is 11.4 Å². The summed E-state index contributed by atoms with van der Waals surface area (Å²) in [6.45, 7) is 5.30. The molecule has 1 heterocycles. The van der Waals surface area contributed by atoms with Crippen molar-refractivity contribution in [2.45, 2.75) is 25.7 Å². The summed E-state index contributed by atoms with van der Waals surface area (Å²) < 4.78 is 5.46. The monoisotopic (exact) mass is 543 g/mol. The first-order valence-electron chi connectivity index (χ1n) is 12.0. The van der Waals surface area contributed by atoms with Gasteiger partial charge in [-0.25, -0.2) is 0 Å². The van der Waals surface area contributed by atoms with E-state index >= 15 is 0 Å². The van der Waals surface area contributed by atoms with Gasteiger partial charge < -0.3 is 25.1 Å². The molecule has 0 saturated heterocycles. The molecule has 0 spiro atoms. The predicted octanol–water partition coefficient (Wildman–Crippen LogP) is 6.20. The number of likely N-dealkylation sites (N-methyl/N-ethyl adjacent to an activating group) is 1. The maximum absolute atomic E-state index is 8.82. The molecule has 1 radical (unpaired) electrons. The van der Waals surface area contributed by atoms with Crippen LogP contribution in [0.3, 0.4) is 0 Å². The van der Waals surface area contributed by atoms with E-state index in [4.69, 9.17) is 20.7 Å². The van der Waals surface area contributed by atoms with Gasteiger partial charge in [0.2, 0.25) is 5.90 Å². The molecule has 197 valence electrons. The van der Waals surface area contributed by atoms with Crippen molar-refractivity contribution < 1.29 is 26.6 Å². The Balaban J connectivity index is 0.000000314. The molecule has 0 fully saturated rings. The fourth-order valence-corrected chi connectivity index (χ4v) is 4.69. The summed E-state index contributed by atoms with van der Waals surface area (Å²) in [5.41, 5.74) is 6.36. The van der Waals surface area contributed by atoms with Gasteiger partial charge in [-0.2, -0.15) is 0 Å². The Labute approximate surface area is 230 Å². The van der Waals surface area contributed by atoms with E-state index in [0.717, 1.165) is 24.4 Å². The topological polar surface area (TPSA) is 83.6 Å². The van der Waals surface area contributed by atoms with Crippen LogP contribution in [0, 0.1) is 10.8 Å². The Kier molecular flexibility index (Phi) is 10.5. The fourth-order valence-electron chi connectivity index (χ4n) is 4.69. The molecular weight excluding hydrogens is 507 g/mol. The molecule has 37 heavy (non-hydrogen) atoms. The predicted molar refractivity (Wildman–Crippen MR) is 151 cm³/mol. The van der Waals surface area contributed by atoms with Gasteiger partial charge in [-0.1, -0.05) is 30.3 Å². The second kappa shape index (κ2) is 13.1. The zero-order valence-electron chi connectivity index (χ0n) is 22.1. The standard InChI is InChI=1S/C21H24N2O.C9H12N2O.Co/c1-4-23-19-11-10-17(24-3)14-18(19)21(2,20(23)12-13-22)15-16-8-6-5-7-9-16;1-11(2)8-5-3-7(4-6-8)9(10)12;/h5-14,22H,4,15H2,1-3H3;3-6H,1-2H3,(H2,10,12);/b20-12-,22-13?;;. The number of nitrogens with zero attached hydrogens (tertiary/aromatic N) is 2. The molecule has 1 unspecified atom stereocenters. The summed E-state index contributed by atoms with van der Waals surface area (Å²) in [6.07, 6.45) is 4.22. The van der Waals surface area contributed by atoms with E-state index in [1.54, 1.807) is 19.2 Å². The minimum Gasteiger partial charge on any atom is -0.497 e. The third-order valence-electron chi connectivity index (χ3n) is 6.56. The van der Waals surface area contributed by atoms with Crippen LogP contribution in [0.25, 0.3) is 0 Å². The molecule has 1 aliphatic rings. The number of anilines is 2. The Morgan fingerprint density at radius 2 is 1.70 bits per heavy atom. The molecule has 3 aromatic rings. The number of benzene rings is 3. The van der Waals surface area contributed by atoms with Crippen LogP contribution in [0.5, 0.6) is 5.75 Å². The van der Waals surface area contributed by atoms with Crippen molar-refractivity contribution in [3.8, 4) is 5.75 Å². The zero-order chi connectivity index (χ0) is 26.3. The van der Waals surface area contributed by atoms with Gasteiger partial charge in [-0.15, -0.1) is 0 Å². The van der Waals surface area contributed by atoms with Crippen LogP contribution in [0.15, 0.2) is 84.6 Å². The van der Waals surface area contributed by atoms with Crippen LogP contribution in [0.2, 0.25) is 0 Å². The van der Waals surface area contributed by atoms with Gasteiger partial charge in [0.25, 0.3) is 0 Å². The minimum atomic E-state index is -0.389. The molecular formula is C30H36CoN4O2. The van der Waals surface area contributed by atoms with E-state index in [-0.39, 0.29) is 28.1 Å². The van der Waals surface area contributed by atoms with Crippen molar-refractivity contribution >= 4 is 23.5 Å². The number of fused-ring (bicyclic) bond motifs is 1. The molecule has 0 aromatic heterocycles. The minimum absolute atomic E-state index is 0. The van der Waals surface area contributed by atoms with E-state index in [1.807, 2.05) is 49.3 Å². The first-order valence-corrected chi connectivity index (χ1v) is 12.0. The van der Waals surface area contributed by atoms with E-state index in [1.165, 1.54) is 28.7 Å². The fraction of sp³-hybridized carbons (Fsp3) is 0.267. The molecule has 4 rings (SSSR count). The molecule has 6 nitrogen and oxygen atoms in total. The van der Waals surface area contributed by atoms with Crippen LogP contribution >= 0.6 is 0 Å². The molecule has 0 bridgehead atoms. The first-order chi connectivity index (χ1) is 17.2. The van der Waals surface area contributed by atoms with Gasteiger partial charge in [0.15, 0.2) is 0 Å². The van der Waals surface area contributed by atoms with Crippen LogP contribution in [0.1, 0.15) is 30.5 Å². The molecule has 1 aliphatic heterocycles. The molecule has 0 aliphatic carbocycles. The summed E-state index contributed by atoms with van der Waals surface area (Å²) in [5, 5.41) is 23.4. The largest absolute Gasteiger partial charge is 0.497 e. The van der Waals surface area contributed by atoms with Gasteiger partial charge in [0, 0.05) is 71.7 Å². The average molecular weight is 544 g/mol. The van der Waals surface area contributed by atoms with E-state index in [2.05, 4.69) is 55.1 Å². The molecule has 7 heteroatoms. The van der Waals surface area contributed by atoms with Crippen LogP contribution in [-0.2, 0) is 28.6 Å². The van der Waals surface area contributed by atoms with Gasteiger partial charge in [0.1, 0.15) is 5.75 Å². The third kappa shape index (κ3) is 6.61. The summed E-state index contributed by atoms with van der Waals surface area (Å²) in [5.74, 6) is 0.487. The molecule has 0 amide bonds. The number of aliphatic hydroxyl groups is 1. The Hall–Kier alpha value is -3.55. The third-order valence-corrected chi connectivity index (χ3v) is 6.56. The number of rotatable bonds is 7. The number of methoxy groups -OCH3 is 1. The number of hydrogen-bond acceptors (Lipinski definition) is 5. The smallest absolute Gasteiger partial charge is 0.210 e. The molecule has 0 saturated carbocycles. The van der Waals surface area contributed by atoms with Crippen molar-refractivity contribution in [2.24, 2.45) is 0 Å². The summed E-state index contributed by atoms with van der Waals surface area (Å²) in [6, 6.07) is 24.0. The SMILES string of the molecule is CCN1/C(=C\C=N)C(C)(Cc2ccccc2)c2cc(OC)ccc21.CN(C)c1ccc(C(=N)O)cc1.[Co]. The second-order valence-corrected chi connectivity index (χ2v) is 9.13. The van der Waals surface area contributed by atoms with E-state index in [0.29, 0.717) is 5.56 Å². The Bertz CT molecular complexity index is 1230. The number of ether oxygens (including phenoxy) is 1. The van der Waals surface area contributed by atoms with E-state index in [9.17, 15) is 0 Å². The summed E-state index contributed by atoms with van der Waals surface area (Å²) >= 11 is 0. The maximum Gasteiger partial charge on any atom is 0.210 e. The van der Waals surface area contributed by atoms with Gasteiger partial charge in [-0.3, -0.25) is 5.41 Å². The Morgan fingerprint density at radius 1 is 1.05 bits per heavy atom. The number of hydrogen-bond donors (Lipinski definition) is 3. The van der Waals surface area contributed by atoms with Crippen molar-refractivity contribution in [1.82, 2.24) is 0 Å². The van der Waals surface area contributed by atoms with Crippen molar-refractivity contribution in [3.05, 3.63) is 101 Å². The van der Waals surface area contributed by atoms with Crippen molar-refractivity contribution in [3.63, 3.8) is 0 Å². The van der Waals surface area contributed by atoms with Crippen LogP contribution < -0.4 is 14.5 Å². The van der Waals surface area contributed by atoms with Gasteiger partial charge in [0.05, 0.1) is 7.11 Å². The van der Waals surface area contributed by atoms with E-state index < -0.39 is 0 Å². The number of aliphatic hydroxyl groups excluding tert-OH is 1. The quantitative estimate of drug-likeness (QED) is 0.245. The normalized spacial score (nSPS) is 16.7.